The van der Waals surface area contributed by atoms with Gasteiger partial charge in [0.25, 0.3) is 0 Å². The van der Waals surface area contributed by atoms with Gasteiger partial charge in [0, 0.05) is 6.54 Å². The fourth-order valence-corrected chi connectivity index (χ4v) is 5.60. The molecule has 0 radical (unpaired) electrons. The van der Waals surface area contributed by atoms with Crippen molar-refractivity contribution in [1.82, 2.24) is 15.1 Å². The number of aryl methyl sites for hydroxylation is 1. The van der Waals surface area contributed by atoms with Crippen molar-refractivity contribution < 1.29 is 4.79 Å². The normalized spacial score (nSPS) is 15.3. The van der Waals surface area contributed by atoms with Crippen molar-refractivity contribution in [1.29, 1.82) is 0 Å². The maximum absolute atomic E-state index is 12.4. The maximum Gasteiger partial charge on any atom is 0.233 e. The van der Waals surface area contributed by atoms with E-state index in [-0.39, 0.29) is 11.2 Å². The minimum Gasteiger partial charge on any atom is -0.355 e. The highest BCUT2D eigenvalue weighted by Crippen LogP contribution is 2.28. The maximum atomic E-state index is 12.4. The third-order valence-corrected chi connectivity index (χ3v) is 7.07. The van der Waals surface area contributed by atoms with E-state index in [1.54, 1.807) is 4.68 Å². The topological polar surface area (TPSA) is 46.9 Å². The lowest BCUT2D eigenvalue weighted by Crippen LogP contribution is -2.31. The monoisotopic (exact) mass is 419 g/mol. The van der Waals surface area contributed by atoms with Gasteiger partial charge in [-0.25, -0.2) is 4.68 Å². The molecule has 1 aliphatic rings. The number of aromatic nitrogens is 2. The van der Waals surface area contributed by atoms with Crippen LogP contribution in [0.15, 0.2) is 40.3 Å². The Bertz CT molecular complexity index is 885. The molecule has 7 heteroatoms. The summed E-state index contributed by atoms with van der Waals surface area (Å²) < 4.78 is 3.31. The van der Waals surface area contributed by atoms with Crippen molar-refractivity contribution in [2.45, 2.75) is 55.5 Å². The van der Waals surface area contributed by atoms with E-state index < -0.39 is 0 Å². The molecule has 1 aromatic carbocycles. The zero-order valence-corrected chi connectivity index (χ0v) is 18.2. The number of amides is 1. The van der Waals surface area contributed by atoms with Crippen LogP contribution in [0.4, 0.5) is 0 Å². The molecule has 4 nitrogen and oxygen atoms in total. The van der Waals surface area contributed by atoms with Crippen LogP contribution in [0.3, 0.4) is 0 Å². The van der Waals surface area contributed by atoms with Gasteiger partial charge in [0.2, 0.25) is 5.91 Å². The van der Waals surface area contributed by atoms with Crippen LogP contribution >= 0.6 is 35.3 Å². The summed E-state index contributed by atoms with van der Waals surface area (Å²) in [6.45, 7) is 4.67. The highest BCUT2D eigenvalue weighted by molar-refractivity contribution is 8.02. The fourth-order valence-electron chi connectivity index (χ4n) is 3.09. The van der Waals surface area contributed by atoms with Crippen LogP contribution in [0.25, 0.3) is 5.69 Å². The summed E-state index contributed by atoms with van der Waals surface area (Å²) >= 11 is 8.39. The van der Waals surface area contributed by atoms with Crippen molar-refractivity contribution in [2.24, 2.45) is 0 Å². The van der Waals surface area contributed by atoms with Gasteiger partial charge in [-0.05, 0) is 69.8 Å². The number of benzene rings is 1. The highest BCUT2D eigenvalue weighted by atomic mass is 32.2. The van der Waals surface area contributed by atoms with Gasteiger partial charge in [-0.2, -0.15) is 0 Å². The molecule has 0 aliphatic heterocycles. The van der Waals surface area contributed by atoms with E-state index >= 15 is 0 Å². The Labute approximate surface area is 174 Å². The minimum absolute atomic E-state index is 0.0555. The Morgan fingerprint density at radius 1 is 1.41 bits per heavy atom. The molecule has 1 aromatic heterocycles. The van der Waals surface area contributed by atoms with E-state index in [0.717, 1.165) is 22.0 Å². The third kappa shape index (κ3) is 5.53. The van der Waals surface area contributed by atoms with E-state index in [1.165, 1.54) is 54.4 Å². The zero-order chi connectivity index (χ0) is 19.2. The molecule has 0 saturated heterocycles. The average molecular weight is 420 g/mol. The van der Waals surface area contributed by atoms with Crippen LogP contribution in [-0.2, 0) is 4.79 Å². The summed E-state index contributed by atoms with van der Waals surface area (Å²) in [6, 6.07) is 8.03. The molecule has 1 aliphatic carbocycles. The quantitative estimate of drug-likeness (QED) is 0.368. The number of hydrogen-bond acceptors (Lipinski definition) is 5. The molecule has 0 spiro atoms. The molecular formula is C20H25N3OS3. The van der Waals surface area contributed by atoms with E-state index in [4.69, 9.17) is 12.2 Å². The third-order valence-electron chi connectivity index (χ3n) is 4.65. The Kier molecular flexibility index (Phi) is 7.26. The van der Waals surface area contributed by atoms with E-state index in [9.17, 15) is 4.79 Å². The Balaban J connectivity index is 1.56. The van der Waals surface area contributed by atoms with E-state index in [1.807, 2.05) is 38.1 Å². The fraction of sp³-hybridized carbons (Fsp3) is 0.450. The number of allylic oxidation sites excluding steroid dienone is 1. The SMILES string of the molecule is Cc1ccccc1-n1nc(S[C@@H](C)C(=O)NCCC2=CCCCC2)sc1=S. The second kappa shape index (κ2) is 9.66. The number of para-hydroxylation sites is 1. The van der Waals surface area contributed by atoms with Gasteiger partial charge in [-0.3, -0.25) is 4.79 Å². The first kappa shape index (κ1) is 20.3. The molecule has 0 saturated carbocycles. The van der Waals surface area contributed by atoms with Crippen molar-refractivity contribution >= 4 is 41.2 Å². The lowest BCUT2D eigenvalue weighted by molar-refractivity contribution is -0.120. The lowest BCUT2D eigenvalue weighted by atomic mass is 9.97. The predicted molar refractivity (Wildman–Crippen MR) is 117 cm³/mol. The second-order valence-corrected chi connectivity index (χ2v) is 9.95. The molecular weight excluding hydrogens is 394 g/mol. The summed E-state index contributed by atoms with van der Waals surface area (Å²) in [4.78, 5) is 12.4. The Hall–Kier alpha value is -1.44. The minimum atomic E-state index is -0.198. The van der Waals surface area contributed by atoms with Gasteiger partial charge in [0.15, 0.2) is 8.29 Å². The highest BCUT2D eigenvalue weighted by Gasteiger charge is 2.17. The molecule has 1 N–H and O–H groups in total. The molecule has 2 aromatic rings. The molecule has 1 amide bonds. The summed E-state index contributed by atoms with van der Waals surface area (Å²) in [5, 5.41) is 7.48. The van der Waals surface area contributed by atoms with Crippen molar-refractivity contribution in [3.63, 3.8) is 0 Å². The van der Waals surface area contributed by atoms with Crippen LogP contribution in [0, 0.1) is 10.9 Å². The van der Waals surface area contributed by atoms with Crippen molar-refractivity contribution in [2.75, 3.05) is 6.54 Å². The van der Waals surface area contributed by atoms with Gasteiger partial charge in [0.1, 0.15) is 0 Å². The summed E-state index contributed by atoms with van der Waals surface area (Å²) in [6.07, 6.45) is 8.23. The lowest BCUT2D eigenvalue weighted by Gasteiger charge is -2.14. The smallest absolute Gasteiger partial charge is 0.233 e. The van der Waals surface area contributed by atoms with E-state index in [2.05, 4.69) is 16.5 Å². The predicted octanol–water partition coefficient (Wildman–Crippen LogP) is 5.46. The first-order valence-corrected chi connectivity index (χ1v) is 11.4. The van der Waals surface area contributed by atoms with Gasteiger partial charge in [-0.1, -0.05) is 52.9 Å². The molecule has 3 rings (SSSR count). The number of rotatable bonds is 7. The molecule has 27 heavy (non-hydrogen) atoms. The second-order valence-electron chi connectivity index (χ2n) is 6.74. The summed E-state index contributed by atoms with van der Waals surface area (Å²) in [5.74, 6) is 0.0555. The van der Waals surface area contributed by atoms with Crippen molar-refractivity contribution in [3.8, 4) is 5.69 Å². The van der Waals surface area contributed by atoms with Crippen LogP contribution in [0.5, 0.6) is 0 Å². The first-order valence-electron chi connectivity index (χ1n) is 9.33. The van der Waals surface area contributed by atoms with Crippen LogP contribution < -0.4 is 5.32 Å². The number of carbonyl (C=O) groups is 1. The van der Waals surface area contributed by atoms with Gasteiger partial charge < -0.3 is 5.32 Å². The van der Waals surface area contributed by atoms with Crippen LogP contribution in [0.2, 0.25) is 0 Å². The average Bonchev–Trinajstić information content (AvgIpc) is 3.02. The zero-order valence-electron chi connectivity index (χ0n) is 15.7. The number of hydrogen-bond donors (Lipinski definition) is 1. The number of carbonyl (C=O) groups excluding carboxylic acids is 1. The molecule has 144 valence electrons. The molecule has 0 unspecified atom stereocenters. The van der Waals surface area contributed by atoms with Crippen molar-refractivity contribution in [3.05, 3.63) is 45.4 Å². The number of nitrogens with one attached hydrogen (secondary N) is 1. The summed E-state index contributed by atoms with van der Waals surface area (Å²) in [5.41, 5.74) is 3.60. The van der Waals surface area contributed by atoms with Crippen LogP contribution in [-0.4, -0.2) is 27.5 Å². The van der Waals surface area contributed by atoms with Crippen LogP contribution in [0.1, 0.15) is 44.6 Å². The van der Waals surface area contributed by atoms with Gasteiger partial charge >= 0.3 is 0 Å². The number of thioether (sulfide) groups is 1. The summed E-state index contributed by atoms with van der Waals surface area (Å²) in [7, 11) is 0. The van der Waals surface area contributed by atoms with Gasteiger partial charge in [0.05, 0.1) is 10.9 Å². The molecule has 0 fully saturated rings. The molecule has 1 atom stereocenters. The Morgan fingerprint density at radius 3 is 2.96 bits per heavy atom. The van der Waals surface area contributed by atoms with Gasteiger partial charge in [-0.15, -0.1) is 5.10 Å². The van der Waals surface area contributed by atoms with E-state index in [0.29, 0.717) is 10.5 Å². The first-order chi connectivity index (χ1) is 13.0. The largest absolute Gasteiger partial charge is 0.355 e. The molecule has 1 heterocycles. The number of nitrogens with zero attached hydrogens (tertiary/aromatic N) is 2. The standard InChI is InChI=1S/C20H25N3OS3/c1-14-8-6-7-11-17(14)23-20(25)27-19(22-23)26-15(2)18(24)21-13-12-16-9-4-3-5-10-16/h6-9,11,15H,3-5,10,12-13H2,1-2H3,(H,21,24)/t15-/m0/s1. The Morgan fingerprint density at radius 2 is 2.22 bits per heavy atom. The molecule has 0 bridgehead atoms.